The number of nitrogens with two attached hydrogens (primary N) is 1. The Balaban J connectivity index is 1.96. The highest BCUT2D eigenvalue weighted by molar-refractivity contribution is 6.35. The Labute approximate surface area is 111 Å². The summed E-state index contributed by atoms with van der Waals surface area (Å²) in [6, 6.07) is 5.96. The molecule has 1 aliphatic heterocycles. The molecule has 0 fully saturated rings. The molecular weight excluding hydrogens is 257 g/mol. The molecule has 92 valence electrons. The van der Waals surface area contributed by atoms with Gasteiger partial charge in [-0.1, -0.05) is 29.3 Å². The van der Waals surface area contributed by atoms with Crippen LogP contribution >= 0.6 is 23.2 Å². The van der Waals surface area contributed by atoms with Gasteiger partial charge in [-0.3, -0.25) is 4.99 Å². The lowest BCUT2D eigenvalue weighted by molar-refractivity contribution is 0.506. The molecule has 1 aromatic carbocycles. The SMILES string of the molecule is NC1=NCCC(CCc2c(Cl)cccc2Cl)N1. The minimum absolute atomic E-state index is 0.361. The molecule has 1 heterocycles. The van der Waals surface area contributed by atoms with E-state index in [0.29, 0.717) is 12.0 Å². The Morgan fingerprint density at radius 1 is 1.35 bits per heavy atom. The van der Waals surface area contributed by atoms with Crippen LogP contribution in [0, 0.1) is 0 Å². The molecule has 3 N–H and O–H groups in total. The van der Waals surface area contributed by atoms with E-state index in [1.54, 1.807) is 0 Å². The summed E-state index contributed by atoms with van der Waals surface area (Å²) in [5, 5.41) is 4.63. The van der Waals surface area contributed by atoms with Gasteiger partial charge in [0.2, 0.25) is 0 Å². The van der Waals surface area contributed by atoms with Crippen molar-refractivity contribution in [2.24, 2.45) is 10.7 Å². The number of guanidine groups is 1. The van der Waals surface area contributed by atoms with Gasteiger partial charge in [0.05, 0.1) is 0 Å². The highest BCUT2D eigenvalue weighted by atomic mass is 35.5. The number of halogens is 2. The standard InChI is InChI=1S/C12H15Cl2N3/c13-10-2-1-3-11(14)9(10)5-4-8-6-7-16-12(15)17-8/h1-3,8H,4-7H2,(H3,15,16,17). The molecule has 3 nitrogen and oxygen atoms in total. The molecule has 2 rings (SSSR count). The number of rotatable bonds is 3. The lowest BCUT2D eigenvalue weighted by Crippen LogP contribution is -2.43. The van der Waals surface area contributed by atoms with Gasteiger partial charge in [0.1, 0.15) is 0 Å². The molecule has 0 saturated heterocycles. The molecule has 17 heavy (non-hydrogen) atoms. The van der Waals surface area contributed by atoms with Crippen molar-refractivity contribution in [3.05, 3.63) is 33.8 Å². The average molecular weight is 272 g/mol. The predicted octanol–water partition coefficient (Wildman–Crippen LogP) is 2.60. The Kier molecular flexibility index (Phi) is 4.13. The third-order valence-electron chi connectivity index (χ3n) is 2.92. The maximum absolute atomic E-state index is 6.12. The van der Waals surface area contributed by atoms with E-state index in [2.05, 4.69) is 10.3 Å². The molecule has 1 atom stereocenters. The summed E-state index contributed by atoms with van der Waals surface area (Å²) >= 11 is 12.2. The third-order valence-corrected chi connectivity index (χ3v) is 3.62. The lowest BCUT2D eigenvalue weighted by Gasteiger charge is -2.22. The maximum Gasteiger partial charge on any atom is 0.188 e. The highest BCUT2D eigenvalue weighted by Gasteiger charge is 2.15. The molecule has 5 heteroatoms. The zero-order chi connectivity index (χ0) is 12.3. The van der Waals surface area contributed by atoms with E-state index in [1.807, 2.05) is 18.2 Å². The number of benzene rings is 1. The van der Waals surface area contributed by atoms with Gasteiger partial charge in [0, 0.05) is 22.6 Å². The third kappa shape index (κ3) is 3.27. The summed E-state index contributed by atoms with van der Waals surface area (Å²) in [6.07, 6.45) is 2.81. The first-order valence-electron chi connectivity index (χ1n) is 5.66. The van der Waals surface area contributed by atoms with Crippen molar-refractivity contribution in [3.8, 4) is 0 Å². The van der Waals surface area contributed by atoms with Crippen molar-refractivity contribution in [3.63, 3.8) is 0 Å². The molecule has 0 aromatic heterocycles. The van der Waals surface area contributed by atoms with Crippen LogP contribution in [-0.4, -0.2) is 18.5 Å². The van der Waals surface area contributed by atoms with Crippen LogP contribution < -0.4 is 11.1 Å². The van der Waals surface area contributed by atoms with Crippen LogP contribution in [-0.2, 0) is 6.42 Å². The van der Waals surface area contributed by atoms with Gasteiger partial charge in [-0.15, -0.1) is 0 Å². The Bertz CT molecular complexity index is 412. The van der Waals surface area contributed by atoms with Gasteiger partial charge < -0.3 is 11.1 Å². The normalized spacial score (nSPS) is 19.6. The Morgan fingerprint density at radius 2 is 2.06 bits per heavy atom. The molecule has 0 saturated carbocycles. The van der Waals surface area contributed by atoms with Gasteiger partial charge in [-0.05, 0) is 37.0 Å². The van der Waals surface area contributed by atoms with Gasteiger partial charge in [0.25, 0.3) is 0 Å². The molecule has 0 spiro atoms. The number of nitrogens with one attached hydrogen (secondary N) is 1. The number of aliphatic imine (C=N–C) groups is 1. The molecule has 0 bridgehead atoms. The molecule has 1 unspecified atom stereocenters. The van der Waals surface area contributed by atoms with E-state index in [9.17, 15) is 0 Å². The largest absolute Gasteiger partial charge is 0.370 e. The first-order valence-corrected chi connectivity index (χ1v) is 6.42. The number of hydrogen-bond acceptors (Lipinski definition) is 3. The van der Waals surface area contributed by atoms with E-state index in [-0.39, 0.29) is 0 Å². The smallest absolute Gasteiger partial charge is 0.188 e. The van der Waals surface area contributed by atoms with Crippen molar-refractivity contribution in [2.45, 2.75) is 25.3 Å². The van der Waals surface area contributed by atoms with E-state index in [0.717, 1.165) is 41.4 Å². The Hall–Kier alpha value is -0.930. The van der Waals surface area contributed by atoms with Crippen LogP contribution in [0.15, 0.2) is 23.2 Å². The zero-order valence-corrected chi connectivity index (χ0v) is 10.9. The monoisotopic (exact) mass is 271 g/mol. The summed E-state index contributed by atoms with van der Waals surface area (Å²) in [6.45, 7) is 0.791. The average Bonchev–Trinajstić information content (AvgIpc) is 2.28. The molecule has 0 aliphatic carbocycles. The molecule has 1 aliphatic rings. The fraction of sp³-hybridized carbons (Fsp3) is 0.417. The summed E-state index contributed by atoms with van der Waals surface area (Å²) in [5.74, 6) is 0.534. The lowest BCUT2D eigenvalue weighted by atomic mass is 10.0. The van der Waals surface area contributed by atoms with Gasteiger partial charge in [-0.2, -0.15) is 0 Å². The topological polar surface area (TPSA) is 50.4 Å². The first kappa shape index (κ1) is 12.5. The fourth-order valence-electron chi connectivity index (χ4n) is 1.97. The van der Waals surface area contributed by atoms with Crippen molar-refractivity contribution >= 4 is 29.2 Å². The summed E-state index contributed by atoms with van der Waals surface area (Å²) < 4.78 is 0. The van der Waals surface area contributed by atoms with E-state index in [1.165, 1.54) is 0 Å². The van der Waals surface area contributed by atoms with E-state index in [4.69, 9.17) is 28.9 Å². The quantitative estimate of drug-likeness (QED) is 0.888. The number of hydrogen-bond donors (Lipinski definition) is 2. The number of nitrogens with zero attached hydrogens (tertiary/aromatic N) is 1. The second-order valence-electron chi connectivity index (χ2n) is 4.14. The van der Waals surface area contributed by atoms with Crippen LogP contribution in [0.1, 0.15) is 18.4 Å². The van der Waals surface area contributed by atoms with E-state index < -0.39 is 0 Å². The molecule has 1 aromatic rings. The van der Waals surface area contributed by atoms with Crippen molar-refractivity contribution < 1.29 is 0 Å². The summed E-state index contributed by atoms with van der Waals surface area (Å²) in [5.41, 5.74) is 6.65. The van der Waals surface area contributed by atoms with E-state index >= 15 is 0 Å². The van der Waals surface area contributed by atoms with Crippen LogP contribution in [0.25, 0.3) is 0 Å². The minimum atomic E-state index is 0.361. The molecular formula is C12H15Cl2N3. The van der Waals surface area contributed by atoms with Gasteiger partial charge in [0.15, 0.2) is 5.96 Å². The highest BCUT2D eigenvalue weighted by Crippen LogP contribution is 2.26. The second kappa shape index (κ2) is 5.61. The van der Waals surface area contributed by atoms with Crippen molar-refractivity contribution in [2.75, 3.05) is 6.54 Å². The first-order chi connectivity index (χ1) is 8.16. The van der Waals surface area contributed by atoms with Crippen LogP contribution in [0.3, 0.4) is 0 Å². The molecule has 0 amide bonds. The van der Waals surface area contributed by atoms with Crippen LogP contribution in [0.4, 0.5) is 0 Å². The van der Waals surface area contributed by atoms with Gasteiger partial charge in [-0.25, -0.2) is 0 Å². The van der Waals surface area contributed by atoms with Gasteiger partial charge >= 0.3 is 0 Å². The fourth-order valence-corrected chi connectivity index (χ4v) is 2.56. The van der Waals surface area contributed by atoms with Crippen molar-refractivity contribution in [1.29, 1.82) is 0 Å². The predicted molar refractivity (Wildman–Crippen MR) is 72.8 cm³/mol. The van der Waals surface area contributed by atoms with Crippen molar-refractivity contribution in [1.82, 2.24) is 5.32 Å². The Morgan fingerprint density at radius 3 is 2.71 bits per heavy atom. The van der Waals surface area contributed by atoms with Crippen LogP contribution in [0.2, 0.25) is 10.0 Å². The molecule has 0 radical (unpaired) electrons. The second-order valence-corrected chi connectivity index (χ2v) is 4.95. The summed E-state index contributed by atoms with van der Waals surface area (Å²) in [4.78, 5) is 4.10. The maximum atomic E-state index is 6.12. The zero-order valence-electron chi connectivity index (χ0n) is 9.42. The van der Waals surface area contributed by atoms with Crippen LogP contribution in [0.5, 0.6) is 0 Å². The summed E-state index contributed by atoms with van der Waals surface area (Å²) in [7, 11) is 0. The minimum Gasteiger partial charge on any atom is -0.370 e.